The lowest BCUT2D eigenvalue weighted by molar-refractivity contribution is 0.857. The number of hydrogen-bond donors (Lipinski definition) is 0. The maximum atomic E-state index is 6.40. The highest BCUT2D eigenvalue weighted by atomic mass is 35.5. The zero-order valence-corrected chi connectivity index (χ0v) is 11.4. The van der Waals surface area contributed by atoms with Crippen molar-refractivity contribution in [3.63, 3.8) is 0 Å². The second-order valence-electron chi connectivity index (χ2n) is 4.69. The lowest BCUT2D eigenvalue weighted by Gasteiger charge is -2.06. The third-order valence-electron chi connectivity index (χ3n) is 2.90. The minimum absolute atomic E-state index is 0.390. The Morgan fingerprint density at radius 2 is 1.71 bits per heavy atom. The summed E-state index contributed by atoms with van der Waals surface area (Å²) in [5.74, 6) is 0.390. The van der Waals surface area contributed by atoms with Gasteiger partial charge in [-0.05, 0) is 31.9 Å². The lowest BCUT2D eigenvalue weighted by atomic mass is 10.1. The van der Waals surface area contributed by atoms with E-state index in [1.807, 2.05) is 23.7 Å². The molecule has 0 N–H and O–H groups in total. The summed E-state index contributed by atoms with van der Waals surface area (Å²) in [6, 6.07) is 8.21. The van der Waals surface area contributed by atoms with Gasteiger partial charge in [0, 0.05) is 5.56 Å². The molecule has 1 aromatic heterocycles. The molecule has 0 aliphatic carbocycles. The van der Waals surface area contributed by atoms with Crippen molar-refractivity contribution in [3.8, 4) is 5.69 Å². The van der Waals surface area contributed by atoms with Crippen LogP contribution in [0.5, 0.6) is 0 Å². The predicted molar refractivity (Wildman–Crippen MR) is 72.1 cm³/mol. The Kier molecular flexibility index (Phi) is 3.25. The predicted octanol–water partition coefficient (Wildman–Crippen LogP) is 4.27. The molecule has 0 radical (unpaired) electrons. The van der Waals surface area contributed by atoms with E-state index in [0.29, 0.717) is 5.92 Å². The van der Waals surface area contributed by atoms with E-state index in [9.17, 15) is 0 Å². The first kappa shape index (κ1) is 12.2. The van der Waals surface area contributed by atoms with Crippen molar-refractivity contribution in [2.24, 2.45) is 0 Å². The molecule has 0 amide bonds. The van der Waals surface area contributed by atoms with Gasteiger partial charge in [-0.1, -0.05) is 43.1 Å². The fraction of sp³-hybridized carbons (Fsp3) is 0.357. The highest BCUT2D eigenvalue weighted by Gasteiger charge is 2.16. The van der Waals surface area contributed by atoms with Crippen molar-refractivity contribution >= 4 is 11.6 Å². The van der Waals surface area contributed by atoms with E-state index in [1.165, 1.54) is 5.56 Å². The summed E-state index contributed by atoms with van der Waals surface area (Å²) in [4.78, 5) is 0. The number of halogens is 1. The van der Waals surface area contributed by atoms with Crippen molar-refractivity contribution in [2.45, 2.75) is 33.6 Å². The molecule has 2 aromatic rings. The van der Waals surface area contributed by atoms with E-state index in [-0.39, 0.29) is 0 Å². The molecule has 1 heterocycles. The molecule has 2 rings (SSSR count). The van der Waals surface area contributed by atoms with Crippen LogP contribution >= 0.6 is 11.6 Å². The molecule has 0 spiro atoms. The van der Waals surface area contributed by atoms with Crippen molar-refractivity contribution in [3.05, 3.63) is 46.2 Å². The van der Waals surface area contributed by atoms with Crippen LogP contribution in [0.15, 0.2) is 24.3 Å². The monoisotopic (exact) mass is 248 g/mol. The average molecular weight is 249 g/mol. The summed E-state index contributed by atoms with van der Waals surface area (Å²) in [6.07, 6.45) is 0. The van der Waals surface area contributed by atoms with Crippen molar-refractivity contribution in [1.29, 1.82) is 0 Å². The third kappa shape index (κ3) is 2.22. The molecule has 0 saturated heterocycles. The topological polar surface area (TPSA) is 17.8 Å². The molecule has 0 aliphatic rings. The standard InChI is InChI=1S/C14H17ClN2/c1-9(2)13-11(4)16-17(14(13)15)12-7-5-10(3)6-8-12/h5-9H,1-4H3. The molecule has 2 nitrogen and oxygen atoms in total. The van der Waals surface area contributed by atoms with Crippen LogP contribution in [0.1, 0.15) is 36.6 Å². The summed E-state index contributed by atoms with van der Waals surface area (Å²) in [5.41, 5.74) is 4.38. The highest BCUT2D eigenvalue weighted by molar-refractivity contribution is 6.30. The van der Waals surface area contributed by atoms with Gasteiger partial charge >= 0.3 is 0 Å². The summed E-state index contributed by atoms with van der Waals surface area (Å²) in [5, 5.41) is 5.24. The number of benzene rings is 1. The molecule has 0 fully saturated rings. The van der Waals surface area contributed by atoms with E-state index in [0.717, 1.165) is 22.1 Å². The number of nitrogens with zero attached hydrogens (tertiary/aromatic N) is 2. The van der Waals surface area contributed by atoms with E-state index >= 15 is 0 Å². The first-order valence-corrected chi connectivity index (χ1v) is 6.20. The van der Waals surface area contributed by atoms with Crippen molar-refractivity contribution in [2.75, 3.05) is 0 Å². The Bertz CT molecular complexity index is 524. The van der Waals surface area contributed by atoms with Crippen LogP contribution in [0.4, 0.5) is 0 Å². The molecule has 0 aliphatic heterocycles. The summed E-state index contributed by atoms with van der Waals surface area (Å²) in [6.45, 7) is 8.34. The van der Waals surface area contributed by atoms with E-state index in [4.69, 9.17) is 11.6 Å². The molecule has 3 heteroatoms. The normalized spacial score (nSPS) is 11.2. The van der Waals surface area contributed by atoms with Crippen LogP contribution in [-0.4, -0.2) is 9.78 Å². The van der Waals surface area contributed by atoms with Gasteiger partial charge in [0.2, 0.25) is 0 Å². The van der Waals surface area contributed by atoms with Crippen LogP contribution in [0.2, 0.25) is 5.15 Å². The Hall–Kier alpha value is -1.28. The minimum Gasteiger partial charge on any atom is -0.222 e. The minimum atomic E-state index is 0.390. The maximum Gasteiger partial charge on any atom is 0.136 e. The van der Waals surface area contributed by atoms with Gasteiger partial charge in [0.05, 0.1) is 11.4 Å². The zero-order chi connectivity index (χ0) is 12.6. The Morgan fingerprint density at radius 3 is 2.18 bits per heavy atom. The molecular weight excluding hydrogens is 232 g/mol. The quantitative estimate of drug-likeness (QED) is 0.776. The molecule has 0 unspecified atom stereocenters. The van der Waals surface area contributed by atoms with Crippen LogP contribution in [-0.2, 0) is 0 Å². The third-order valence-corrected chi connectivity index (χ3v) is 3.27. The van der Waals surface area contributed by atoms with Gasteiger partial charge in [0.25, 0.3) is 0 Å². The number of hydrogen-bond acceptors (Lipinski definition) is 1. The van der Waals surface area contributed by atoms with Gasteiger partial charge in [-0.25, -0.2) is 4.68 Å². The molecule has 0 atom stereocenters. The zero-order valence-electron chi connectivity index (χ0n) is 10.7. The number of aryl methyl sites for hydroxylation is 2. The largest absolute Gasteiger partial charge is 0.222 e. The fourth-order valence-electron chi connectivity index (χ4n) is 2.02. The fourth-order valence-corrected chi connectivity index (χ4v) is 2.51. The lowest BCUT2D eigenvalue weighted by Crippen LogP contribution is -1.96. The van der Waals surface area contributed by atoms with Crippen LogP contribution in [0.25, 0.3) is 5.69 Å². The second-order valence-corrected chi connectivity index (χ2v) is 5.05. The summed E-state index contributed by atoms with van der Waals surface area (Å²) < 4.78 is 1.81. The number of rotatable bonds is 2. The molecule has 0 bridgehead atoms. The highest BCUT2D eigenvalue weighted by Crippen LogP contribution is 2.29. The smallest absolute Gasteiger partial charge is 0.136 e. The summed E-state index contributed by atoms with van der Waals surface area (Å²) >= 11 is 6.40. The van der Waals surface area contributed by atoms with Crippen molar-refractivity contribution in [1.82, 2.24) is 9.78 Å². The summed E-state index contributed by atoms with van der Waals surface area (Å²) in [7, 11) is 0. The first-order valence-electron chi connectivity index (χ1n) is 5.82. The van der Waals surface area contributed by atoms with Gasteiger partial charge in [-0.2, -0.15) is 5.10 Å². The van der Waals surface area contributed by atoms with Gasteiger partial charge in [0.1, 0.15) is 5.15 Å². The van der Waals surface area contributed by atoms with Crippen molar-refractivity contribution < 1.29 is 0 Å². The Labute approximate surface area is 107 Å². The van der Waals surface area contributed by atoms with Crippen LogP contribution < -0.4 is 0 Å². The maximum absolute atomic E-state index is 6.40. The SMILES string of the molecule is Cc1ccc(-n2nc(C)c(C(C)C)c2Cl)cc1. The van der Waals surface area contributed by atoms with E-state index < -0.39 is 0 Å². The van der Waals surface area contributed by atoms with Gasteiger partial charge in [-0.15, -0.1) is 0 Å². The second kappa shape index (κ2) is 4.53. The van der Waals surface area contributed by atoms with Crippen LogP contribution in [0, 0.1) is 13.8 Å². The Balaban J connectivity index is 2.53. The van der Waals surface area contributed by atoms with Gasteiger partial charge in [0.15, 0.2) is 0 Å². The molecular formula is C14H17ClN2. The molecule has 17 heavy (non-hydrogen) atoms. The molecule has 0 saturated carbocycles. The first-order chi connectivity index (χ1) is 8.00. The van der Waals surface area contributed by atoms with E-state index in [1.54, 1.807) is 0 Å². The average Bonchev–Trinajstić information content (AvgIpc) is 2.55. The Morgan fingerprint density at radius 1 is 1.12 bits per heavy atom. The molecule has 1 aromatic carbocycles. The van der Waals surface area contributed by atoms with E-state index in [2.05, 4.69) is 38.0 Å². The molecule has 90 valence electrons. The van der Waals surface area contributed by atoms with Crippen LogP contribution in [0.3, 0.4) is 0 Å². The van der Waals surface area contributed by atoms with Gasteiger partial charge < -0.3 is 0 Å². The van der Waals surface area contributed by atoms with Gasteiger partial charge in [-0.3, -0.25) is 0 Å². The number of aromatic nitrogens is 2.